The molecule has 0 fully saturated rings. The van der Waals surface area contributed by atoms with Crippen LogP contribution in [0.3, 0.4) is 0 Å². The highest BCUT2D eigenvalue weighted by Crippen LogP contribution is 2.07. The van der Waals surface area contributed by atoms with Crippen molar-refractivity contribution in [2.45, 2.75) is 6.92 Å². The van der Waals surface area contributed by atoms with Crippen molar-refractivity contribution in [2.24, 2.45) is 0 Å². The largest absolute Gasteiger partial charge is 0.544 e. The predicted molar refractivity (Wildman–Crippen MR) is 49.8 cm³/mol. The lowest BCUT2D eigenvalue weighted by atomic mass is 10.1. The number of benzene rings is 1. The molecule has 0 saturated heterocycles. The maximum absolute atomic E-state index is 10.4. The Morgan fingerprint density at radius 3 is 2.43 bits per heavy atom. The zero-order valence-electron chi connectivity index (χ0n) is 7.65. The van der Waals surface area contributed by atoms with Crippen LogP contribution in [-0.4, -0.2) is 5.97 Å². The molecule has 70 valence electrons. The number of aryl methyl sites for hydroxylation is 1. The summed E-state index contributed by atoms with van der Waals surface area (Å²) in [6.45, 7) is 1.93. The first kappa shape index (κ1) is 10.0. The van der Waals surface area contributed by atoms with Crippen LogP contribution in [-0.2, 0) is 4.79 Å². The van der Waals surface area contributed by atoms with Gasteiger partial charge in [0.05, 0.1) is 11.5 Å². The molecule has 1 aromatic carbocycles. The highest BCUT2D eigenvalue weighted by Gasteiger charge is 1.96. The summed E-state index contributed by atoms with van der Waals surface area (Å²) >= 11 is 0. The molecule has 3 nitrogen and oxygen atoms in total. The summed E-state index contributed by atoms with van der Waals surface area (Å²) in [6, 6.07) is 8.74. The fraction of sp³-hybridized carbons (Fsp3) is 0.0909. The number of rotatable bonds is 2. The second-order valence-corrected chi connectivity index (χ2v) is 2.87. The Kier molecular flexibility index (Phi) is 3.03. The van der Waals surface area contributed by atoms with Gasteiger partial charge in [-0.1, -0.05) is 29.8 Å². The molecule has 0 atom stereocenters. The van der Waals surface area contributed by atoms with Crippen LogP contribution >= 0.6 is 0 Å². The maximum Gasteiger partial charge on any atom is 0.101 e. The molecule has 0 aliphatic heterocycles. The number of hydrogen-bond donors (Lipinski definition) is 0. The van der Waals surface area contributed by atoms with Crippen molar-refractivity contribution in [3.8, 4) is 6.07 Å². The number of aliphatic carboxylic acids is 1. The molecule has 0 spiro atoms. The zero-order valence-corrected chi connectivity index (χ0v) is 7.65. The number of carbonyl (C=O) groups is 1. The first-order chi connectivity index (χ1) is 6.63. The summed E-state index contributed by atoms with van der Waals surface area (Å²) in [7, 11) is 0. The molecule has 0 aliphatic carbocycles. The van der Waals surface area contributed by atoms with Crippen molar-refractivity contribution >= 4 is 12.0 Å². The number of carboxylic acids is 1. The summed E-state index contributed by atoms with van der Waals surface area (Å²) in [4.78, 5) is 10.4. The van der Waals surface area contributed by atoms with Gasteiger partial charge in [0.25, 0.3) is 0 Å². The van der Waals surface area contributed by atoms with E-state index >= 15 is 0 Å². The highest BCUT2D eigenvalue weighted by atomic mass is 16.4. The smallest absolute Gasteiger partial charge is 0.101 e. The average molecular weight is 186 g/mol. The molecule has 0 heterocycles. The Hall–Kier alpha value is -2.08. The van der Waals surface area contributed by atoms with Crippen molar-refractivity contribution in [1.82, 2.24) is 0 Å². The van der Waals surface area contributed by atoms with Crippen LogP contribution in [0, 0.1) is 18.3 Å². The molecule has 1 aromatic rings. The van der Waals surface area contributed by atoms with Gasteiger partial charge in [-0.25, -0.2) is 0 Å². The molecule has 3 heteroatoms. The second-order valence-electron chi connectivity index (χ2n) is 2.87. The van der Waals surface area contributed by atoms with Crippen LogP contribution in [0.1, 0.15) is 11.1 Å². The van der Waals surface area contributed by atoms with Crippen LogP contribution < -0.4 is 5.11 Å². The number of nitriles is 1. The topological polar surface area (TPSA) is 63.9 Å². The normalized spacial score (nSPS) is 10.7. The van der Waals surface area contributed by atoms with Gasteiger partial charge < -0.3 is 9.90 Å². The van der Waals surface area contributed by atoms with E-state index in [9.17, 15) is 9.90 Å². The Morgan fingerprint density at radius 2 is 2.00 bits per heavy atom. The lowest BCUT2D eigenvalue weighted by Gasteiger charge is -1.99. The van der Waals surface area contributed by atoms with Crippen LogP contribution in [0.5, 0.6) is 0 Å². The fourth-order valence-corrected chi connectivity index (χ4v) is 0.966. The van der Waals surface area contributed by atoms with E-state index in [2.05, 4.69) is 0 Å². The lowest BCUT2D eigenvalue weighted by molar-refractivity contribution is -0.298. The Morgan fingerprint density at radius 1 is 1.43 bits per heavy atom. The van der Waals surface area contributed by atoms with Crippen molar-refractivity contribution in [1.29, 1.82) is 5.26 Å². The van der Waals surface area contributed by atoms with E-state index in [1.807, 2.05) is 19.1 Å². The molecule has 0 aliphatic rings. The number of carboxylic acid groups (broad SMARTS) is 1. The van der Waals surface area contributed by atoms with Crippen LogP contribution in [0.25, 0.3) is 6.08 Å². The third-order valence-corrected chi connectivity index (χ3v) is 1.73. The molecule has 0 radical (unpaired) electrons. The molecular weight excluding hydrogens is 178 g/mol. The maximum atomic E-state index is 10.4. The molecule has 1 rings (SSSR count). The van der Waals surface area contributed by atoms with Gasteiger partial charge in [-0.2, -0.15) is 5.26 Å². The quantitative estimate of drug-likeness (QED) is 0.503. The molecule has 0 bridgehead atoms. The second kappa shape index (κ2) is 4.24. The summed E-state index contributed by atoms with van der Waals surface area (Å²) in [5.41, 5.74) is 1.39. The van der Waals surface area contributed by atoms with Gasteiger partial charge in [0.1, 0.15) is 6.07 Å². The number of nitrogens with zero attached hydrogens (tertiary/aromatic N) is 1. The standard InChI is InChI=1S/C11H9NO2/c1-8-2-4-9(5-3-8)6-10(7-12)11(13)14/h2-6H,1H3,(H,13,14)/p-1/b10-6+. The van der Waals surface area contributed by atoms with Crippen molar-refractivity contribution < 1.29 is 9.90 Å². The average Bonchev–Trinajstić information content (AvgIpc) is 2.16. The number of carbonyl (C=O) groups excluding carboxylic acids is 1. The zero-order chi connectivity index (χ0) is 10.6. The Labute approximate surface area is 81.9 Å². The van der Waals surface area contributed by atoms with Gasteiger partial charge in [0.15, 0.2) is 0 Å². The van der Waals surface area contributed by atoms with Gasteiger partial charge in [-0.15, -0.1) is 0 Å². The van der Waals surface area contributed by atoms with Gasteiger partial charge in [-0.05, 0) is 18.6 Å². The van der Waals surface area contributed by atoms with E-state index in [1.165, 1.54) is 6.08 Å². The number of hydrogen-bond acceptors (Lipinski definition) is 3. The van der Waals surface area contributed by atoms with Gasteiger partial charge in [-0.3, -0.25) is 0 Å². The Balaban J connectivity index is 3.03. The summed E-state index contributed by atoms with van der Waals surface area (Å²) in [5.74, 6) is -1.45. The SMILES string of the molecule is Cc1ccc(/C=C(\C#N)C(=O)[O-])cc1. The molecule has 0 saturated carbocycles. The first-order valence-electron chi connectivity index (χ1n) is 4.03. The van der Waals surface area contributed by atoms with Crippen LogP contribution in [0.2, 0.25) is 0 Å². The molecule has 0 N–H and O–H groups in total. The van der Waals surface area contributed by atoms with Crippen molar-refractivity contribution in [3.63, 3.8) is 0 Å². The third-order valence-electron chi connectivity index (χ3n) is 1.73. The highest BCUT2D eigenvalue weighted by molar-refractivity contribution is 5.94. The molecule has 14 heavy (non-hydrogen) atoms. The molecule has 0 unspecified atom stereocenters. The van der Waals surface area contributed by atoms with Gasteiger partial charge >= 0.3 is 0 Å². The van der Waals surface area contributed by atoms with Crippen LogP contribution in [0.15, 0.2) is 29.8 Å². The van der Waals surface area contributed by atoms with Crippen molar-refractivity contribution in [3.05, 3.63) is 41.0 Å². The molecule has 0 aromatic heterocycles. The van der Waals surface area contributed by atoms with E-state index in [-0.39, 0.29) is 5.57 Å². The minimum absolute atomic E-state index is 0.367. The first-order valence-corrected chi connectivity index (χ1v) is 4.03. The third kappa shape index (κ3) is 2.46. The lowest BCUT2D eigenvalue weighted by Crippen LogP contribution is -2.23. The van der Waals surface area contributed by atoms with Gasteiger partial charge in [0.2, 0.25) is 0 Å². The summed E-state index contributed by atoms with van der Waals surface area (Å²) < 4.78 is 0. The van der Waals surface area contributed by atoms with Crippen LogP contribution in [0.4, 0.5) is 0 Å². The summed E-state index contributed by atoms with van der Waals surface area (Å²) in [5, 5.41) is 18.9. The van der Waals surface area contributed by atoms with Gasteiger partial charge in [0, 0.05) is 0 Å². The van der Waals surface area contributed by atoms with E-state index in [0.29, 0.717) is 5.56 Å². The van der Waals surface area contributed by atoms with E-state index in [4.69, 9.17) is 5.26 Å². The van der Waals surface area contributed by atoms with E-state index < -0.39 is 5.97 Å². The predicted octanol–water partition coefficient (Wildman–Crippen LogP) is 0.652. The van der Waals surface area contributed by atoms with E-state index in [1.54, 1.807) is 18.2 Å². The Bertz CT molecular complexity index is 410. The minimum atomic E-state index is -1.45. The molecular formula is C11H8NO2-. The molecule has 0 amide bonds. The minimum Gasteiger partial charge on any atom is -0.544 e. The van der Waals surface area contributed by atoms with E-state index in [0.717, 1.165) is 5.56 Å². The summed E-state index contributed by atoms with van der Waals surface area (Å²) in [6.07, 6.45) is 1.29. The van der Waals surface area contributed by atoms with Crippen molar-refractivity contribution in [2.75, 3.05) is 0 Å². The fourth-order valence-electron chi connectivity index (χ4n) is 0.966. The monoisotopic (exact) mass is 186 g/mol.